The highest BCUT2D eigenvalue weighted by Gasteiger charge is 2.36. The van der Waals surface area contributed by atoms with Crippen LogP contribution in [0, 0.1) is 22.0 Å². The highest BCUT2D eigenvalue weighted by Crippen LogP contribution is 2.29. The van der Waals surface area contributed by atoms with Gasteiger partial charge >= 0.3 is 0 Å². The van der Waals surface area contributed by atoms with Crippen molar-refractivity contribution >= 4 is 18.1 Å². The lowest BCUT2D eigenvalue weighted by Gasteiger charge is -2.16. The minimum Gasteiger partial charge on any atom is -0.316 e. The van der Waals surface area contributed by atoms with E-state index >= 15 is 0 Å². The molecule has 0 bridgehead atoms. The second kappa shape index (κ2) is 5.86. The van der Waals surface area contributed by atoms with Crippen molar-refractivity contribution < 1.29 is 4.92 Å². The van der Waals surface area contributed by atoms with Crippen LogP contribution in [0.3, 0.4) is 0 Å². The maximum Gasteiger partial charge on any atom is 0.273 e. The van der Waals surface area contributed by atoms with E-state index in [2.05, 4.69) is 10.2 Å². The van der Waals surface area contributed by atoms with Crippen molar-refractivity contribution in [1.29, 1.82) is 0 Å². The topological polar surface area (TPSA) is 58.4 Å². The molecule has 1 N–H and O–H groups in total. The number of nitrogens with zero attached hydrogens (tertiary/aromatic N) is 2. The molecule has 2 saturated heterocycles. The van der Waals surface area contributed by atoms with Gasteiger partial charge in [-0.05, 0) is 24.9 Å². The largest absolute Gasteiger partial charge is 0.316 e. The van der Waals surface area contributed by atoms with Gasteiger partial charge in [0.05, 0.1) is 4.92 Å². The third-order valence-electron chi connectivity index (χ3n) is 4.05. The Morgan fingerprint density at radius 2 is 1.89 bits per heavy atom. The van der Waals surface area contributed by atoms with Crippen LogP contribution in [0.2, 0.25) is 0 Å². The van der Waals surface area contributed by atoms with Gasteiger partial charge in [0.15, 0.2) is 0 Å². The number of rotatable bonds is 3. The van der Waals surface area contributed by atoms with Crippen LogP contribution in [-0.4, -0.2) is 36.0 Å². The van der Waals surface area contributed by atoms with Crippen LogP contribution in [-0.2, 0) is 6.54 Å². The highest BCUT2D eigenvalue weighted by molar-refractivity contribution is 5.85. The normalized spacial score (nSPS) is 25.9. The van der Waals surface area contributed by atoms with E-state index in [1.54, 1.807) is 12.1 Å². The van der Waals surface area contributed by atoms with E-state index < -0.39 is 0 Å². The summed E-state index contributed by atoms with van der Waals surface area (Å²) < 4.78 is 0. The Labute approximate surface area is 118 Å². The Morgan fingerprint density at radius 3 is 2.53 bits per heavy atom. The maximum absolute atomic E-state index is 11.0. The quantitative estimate of drug-likeness (QED) is 0.677. The molecule has 6 heteroatoms. The van der Waals surface area contributed by atoms with Crippen LogP contribution >= 0.6 is 12.4 Å². The maximum atomic E-state index is 11.0. The molecule has 0 aromatic heterocycles. The van der Waals surface area contributed by atoms with Gasteiger partial charge in [-0.25, -0.2) is 0 Å². The SMILES string of the molecule is Cl.O=[N+]([O-])c1ccccc1CN1C[C@H]2CNC[C@H]2C1. The Bertz CT molecular complexity index is 457. The number of nitro groups is 1. The number of likely N-dealkylation sites (tertiary alicyclic amines) is 1. The van der Waals surface area contributed by atoms with Crippen LogP contribution in [0.1, 0.15) is 5.56 Å². The first-order valence-electron chi connectivity index (χ1n) is 6.39. The molecule has 19 heavy (non-hydrogen) atoms. The molecule has 0 spiro atoms. The van der Waals surface area contributed by atoms with Gasteiger partial charge in [-0.3, -0.25) is 15.0 Å². The first-order chi connectivity index (χ1) is 8.74. The zero-order chi connectivity index (χ0) is 12.5. The summed E-state index contributed by atoms with van der Waals surface area (Å²) in [6.07, 6.45) is 0. The van der Waals surface area contributed by atoms with Crippen LogP contribution in [0.5, 0.6) is 0 Å². The third kappa shape index (κ3) is 2.88. The van der Waals surface area contributed by atoms with Crippen LogP contribution in [0.4, 0.5) is 5.69 Å². The lowest BCUT2D eigenvalue weighted by Crippen LogP contribution is -2.25. The molecule has 2 aliphatic rings. The Kier molecular flexibility index (Phi) is 4.39. The van der Waals surface area contributed by atoms with Crippen molar-refractivity contribution in [2.75, 3.05) is 26.2 Å². The second-order valence-electron chi connectivity index (χ2n) is 5.26. The van der Waals surface area contributed by atoms with E-state index in [-0.39, 0.29) is 23.0 Å². The summed E-state index contributed by atoms with van der Waals surface area (Å²) in [6, 6.07) is 7.06. The van der Waals surface area contributed by atoms with Gasteiger partial charge in [0.2, 0.25) is 0 Å². The number of hydrogen-bond donors (Lipinski definition) is 1. The number of nitrogens with one attached hydrogen (secondary N) is 1. The van der Waals surface area contributed by atoms with Gasteiger partial charge in [-0.15, -0.1) is 12.4 Å². The van der Waals surface area contributed by atoms with Gasteiger partial charge in [0.25, 0.3) is 5.69 Å². The van der Waals surface area contributed by atoms with Crippen LogP contribution in [0.25, 0.3) is 0 Å². The summed E-state index contributed by atoms with van der Waals surface area (Å²) in [7, 11) is 0. The molecule has 1 aromatic rings. The minimum atomic E-state index is -0.284. The second-order valence-corrected chi connectivity index (χ2v) is 5.26. The van der Waals surface area contributed by atoms with E-state index in [1.807, 2.05) is 12.1 Å². The molecule has 2 fully saturated rings. The van der Waals surface area contributed by atoms with Crippen molar-refractivity contribution in [1.82, 2.24) is 10.2 Å². The molecular weight excluding hydrogens is 266 g/mol. The fourth-order valence-electron chi connectivity index (χ4n) is 3.15. The van der Waals surface area contributed by atoms with Crippen LogP contribution < -0.4 is 5.32 Å². The first kappa shape index (κ1) is 14.2. The van der Waals surface area contributed by atoms with Gasteiger partial charge in [-0.1, -0.05) is 18.2 Å². The molecule has 2 atom stereocenters. The molecule has 0 aliphatic carbocycles. The van der Waals surface area contributed by atoms with E-state index in [9.17, 15) is 10.1 Å². The summed E-state index contributed by atoms with van der Waals surface area (Å²) in [5.41, 5.74) is 1.07. The average Bonchev–Trinajstić information content (AvgIpc) is 2.90. The van der Waals surface area contributed by atoms with Crippen LogP contribution in [0.15, 0.2) is 24.3 Å². The molecule has 0 saturated carbocycles. The fourth-order valence-corrected chi connectivity index (χ4v) is 3.15. The smallest absolute Gasteiger partial charge is 0.273 e. The standard InChI is InChI=1S/C13H17N3O2.ClH/c17-16(18)13-4-2-1-3-10(13)7-15-8-11-5-14-6-12(11)9-15;/h1-4,11-12,14H,5-9H2;1H/t11-,12+;. The summed E-state index contributed by atoms with van der Waals surface area (Å²) in [5.74, 6) is 1.46. The Balaban J connectivity index is 0.00000133. The molecule has 2 aliphatic heterocycles. The minimum absolute atomic E-state index is 0. The molecule has 2 heterocycles. The number of hydrogen-bond acceptors (Lipinski definition) is 4. The number of halogens is 1. The lowest BCUT2D eigenvalue weighted by atomic mass is 10.0. The predicted molar refractivity (Wildman–Crippen MR) is 75.5 cm³/mol. The fraction of sp³-hybridized carbons (Fsp3) is 0.538. The molecule has 0 unspecified atom stereocenters. The zero-order valence-electron chi connectivity index (χ0n) is 10.6. The predicted octanol–water partition coefficient (Wildman–Crippen LogP) is 1.67. The van der Waals surface area contributed by atoms with Crippen molar-refractivity contribution in [3.63, 3.8) is 0 Å². The average molecular weight is 284 g/mol. The number of nitro benzene ring substituents is 1. The summed E-state index contributed by atoms with van der Waals surface area (Å²) in [6.45, 7) is 5.01. The third-order valence-corrected chi connectivity index (χ3v) is 4.05. The van der Waals surface area contributed by atoms with Crippen molar-refractivity contribution in [3.05, 3.63) is 39.9 Å². The molecule has 0 radical (unpaired) electrons. The Hall–Kier alpha value is -1.17. The highest BCUT2D eigenvalue weighted by atomic mass is 35.5. The van der Waals surface area contributed by atoms with Gasteiger partial charge in [-0.2, -0.15) is 0 Å². The number of para-hydroxylation sites is 1. The van der Waals surface area contributed by atoms with Gasteiger partial charge in [0, 0.05) is 31.3 Å². The van der Waals surface area contributed by atoms with E-state index in [0.29, 0.717) is 6.54 Å². The van der Waals surface area contributed by atoms with E-state index in [4.69, 9.17) is 0 Å². The first-order valence-corrected chi connectivity index (χ1v) is 6.39. The van der Waals surface area contributed by atoms with Gasteiger partial charge in [0.1, 0.15) is 0 Å². The zero-order valence-corrected chi connectivity index (χ0v) is 11.4. The molecule has 0 amide bonds. The molecule has 1 aromatic carbocycles. The monoisotopic (exact) mass is 283 g/mol. The van der Waals surface area contributed by atoms with E-state index in [0.717, 1.165) is 43.6 Å². The Morgan fingerprint density at radius 1 is 1.26 bits per heavy atom. The van der Waals surface area contributed by atoms with Crippen molar-refractivity contribution in [3.8, 4) is 0 Å². The lowest BCUT2D eigenvalue weighted by molar-refractivity contribution is -0.385. The molecule has 5 nitrogen and oxygen atoms in total. The van der Waals surface area contributed by atoms with E-state index in [1.165, 1.54) is 0 Å². The van der Waals surface area contributed by atoms with Gasteiger partial charge < -0.3 is 5.32 Å². The summed E-state index contributed by atoms with van der Waals surface area (Å²) in [5, 5.41) is 14.4. The number of fused-ring (bicyclic) bond motifs is 1. The molecular formula is C13H18ClN3O2. The molecule has 104 valence electrons. The molecule has 3 rings (SSSR count). The van der Waals surface area contributed by atoms with Crippen molar-refractivity contribution in [2.45, 2.75) is 6.54 Å². The summed E-state index contributed by atoms with van der Waals surface area (Å²) in [4.78, 5) is 13.0. The summed E-state index contributed by atoms with van der Waals surface area (Å²) >= 11 is 0. The number of benzene rings is 1. The van der Waals surface area contributed by atoms with Crippen molar-refractivity contribution in [2.24, 2.45) is 11.8 Å².